The average Bonchev–Trinajstić information content (AvgIpc) is 3.07. The summed E-state index contributed by atoms with van der Waals surface area (Å²) in [6.07, 6.45) is -0.632. The van der Waals surface area contributed by atoms with Gasteiger partial charge in [0.15, 0.2) is 5.82 Å². The molecule has 0 atom stereocenters. The van der Waals surface area contributed by atoms with Crippen molar-refractivity contribution in [1.29, 1.82) is 0 Å². The van der Waals surface area contributed by atoms with E-state index < -0.39 is 11.7 Å². The Morgan fingerprint density at radius 3 is 2.58 bits per heavy atom. The highest BCUT2D eigenvalue weighted by Gasteiger charge is 2.23. The third kappa shape index (κ3) is 5.69. The van der Waals surface area contributed by atoms with Crippen LogP contribution in [0.4, 0.5) is 10.6 Å². The van der Waals surface area contributed by atoms with Gasteiger partial charge < -0.3 is 23.9 Å². The Balaban J connectivity index is 2.08. The maximum atomic E-state index is 12.3. The van der Waals surface area contributed by atoms with Crippen molar-refractivity contribution in [3.05, 3.63) is 30.1 Å². The summed E-state index contributed by atoms with van der Waals surface area (Å²) in [5.74, 6) is 0.937. The maximum absolute atomic E-state index is 12.3. The van der Waals surface area contributed by atoms with Gasteiger partial charge in [-0.15, -0.1) is 0 Å². The van der Waals surface area contributed by atoms with Gasteiger partial charge in [-0.05, 0) is 33.8 Å². The van der Waals surface area contributed by atoms with Gasteiger partial charge in [-0.3, -0.25) is 5.32 Å². The number of pyridine rings is 1. The highest BCUT2D eigenvalue weighted by Crippen LogP contribution is 2.31. The number of carbonyl (C=O) groups excluding carboxylic acids is 1. The number of aromatic nitrogens is 3. The van der Waals surface area contributed by atoms with Gasteiger partial charge in [0.05, 0.1) is 29.8 Å². The molecule has 0 radical (unpaired) electrons. The van der Waals surface area contributed by atoms with Crippen LogP contribution < -0.4 is 5.32 Å². The molecule has 0 unspecified atom stereocenters. The normalized spacial score (nSPS) is 11.9. The van der Waals surface area contributed by atoms with Gasteiger partial charge in [0, 0.05) is 18.6 Å². The monoisotopic (exact) mass is 430 g/mol. The number of anilines is 1. The first-order valence-electron chi connectivity index (χ1n) is 10.4. The molecule has 2 aromatic heterocycles. The maximum Gasteiger partial charge on any atom is 0.412 e. The van der Waals surface area contributed by atoms with Crippen LogP contribution in [-0.2, 0) is 27.4 Å². The van der Waals surface area contributed by atoms with E-state index in [1.54, 1.807) is 13.8 Å². The quantitative estimate of drug-likeness (QED) is 0.474. The number of nitrogens with one attached hydrogen (secondary N) is 1. The smallest absolute Gasteiger partial charge is 0.412 e. The van der Waals surface area contributed by atoms with E-state index in [4.69, 9.17) is 19.2 Å². The summed E-state index contributed by atoms with van der Waals surface area (Å²) >= 11 is 0. The molecule has 168 valence electrons. The summed E-state index contributed by atoms with van der Waals surface area (Å²) in [7, 11) is 0. The lowest BCUT2D eigenvalue weighted by Crippen LogP contribution is -2.27. The minimum Gasteiger partial charge on any atom is -0.447 e. The number of carbonyl (C=O) groups is 1. The molecule has 0 saturated carbocycles. The predicted molar refractivity (Wildman–Crippen MR) is 118 cm³/mol. The van der Waals surface area contributed by atoms with E-state index in [2.05, 4.69) is 10.3 Å². The van der Waals surface area contributed by atoms with Crippen molar-refractivity contribution in [1.82, 2.24) is 14.5 Å². The van der Waals surface area contributed by atoms with E-state index in [0.29, 0.717) is 49.0 Å². The SMILES string of the molecule is CCOCCOC(=O)Nc1nc2ccccc2c2c1nc(COCC)n2CC(C)(C)O. The second kappa shape index (κ2) is 10.0. The van der Waals surface area contributed by atoms with Gasteiger partial charge in [-0.2, -0.15) is 0 Å². The molecule has 1 amide bonds. The number of hydrogen-bond acceptors (Lipinski definition) is 7. The number of benzene rings is 1. The fourth-order valence-electron chi connectivity index (χ4n) is 3.30. The Bertz CT molecular complexity index is 1040. The van der Waals surface area contributed by atoms with Crippen LogP contribution in [0.25, 0.3) is 21.9 Å². The first-order chi connectivity index (χ1) is 14.8. The molecule has 0 aliphatic heterocycles. The number of hydrogen-bond donors (Lipinski definition) is 2. The molecule has 0 spiro atoms. The lowest BCUT2D eigenvalue weighted by atomic mass is 10.1. The van der Waals surface area contributed by atoms with Gasteiger partial charge in [-0.1, -0.05) is 18.2 Å². The molecule has 0 bridgehead atoms. The number of aliphatic hydroxyl groups is 1. The molecule has 2 N–H and O–H groups in total. The van der Waals surface area contributed by atoms with Crippen LogP contribution in [0.2, 0.25) is 0 Å². The second-order valence-electron chi connectivity index (χ2n) is 7.70. The molecule has 0 aliphatic rings. The average molecular weight is 431 g/mol. The molecule has 9 nitrogen and oxygen atoms in total. The number of nitrogens with zero attached hydrogens (tertiary/aromatic N) is 3. The summed E-state index contributed by atoms with van der Waals surface area (Å²) in [5.41, 5.74) is 0.996. The van der Waals surface area contributed by atoms with Crippen molar-refractivity contribution >= 4 is 33.8 Å². The minimum absolute atomic E-state index is 0.138. The molecular weight excluding hydrogens is 400 g/mol. The van der Waals surface area contributed by atoms with Gasteiger partial charge in [-0.25, -0.2) is 14.8 Å². The molecular formula is C22H30N4O5. The van der Waals surface area contributed by atoms with Gasteiger partial charge in [0.25, 0.3) is 0 Å². The zero-order valence-corrected chi connectivity index (χ0v) is 18.5. The third-order valence-electron chi connectivity index (χ3n) is 4.53. The van der Waals surface area contributed by atoms with Crippen LogP contribution in [0, 0.1) is 0 Å². The lowest BCUT2D eigenvalue weighted by Gasteiger charge is -2.20. The standard InChI is InChI=1S/C22H30N4O5/c1-5-29-11-12-31-21(27)25-20-18-19(15-9-7-8-10-16(15)23-20)26(14-22(3,4)28)17(24-18)13-30-6-2/h7-10,28H,5-6,11-14H2,1-4H3,(H,23,25,27). The lowest BCUT2D eigenvalue weighted by molar-refractivity contribution is 0.0582. The Kier molecular flexibility index (Phi) is 7.42. The zero-order valence-electron chi connectivity index (χ0n) is 18.5. The van der Waals surface area contributed by atoms with E-state index in [9.17, 15) is 9.90 Å². The highest BCUT2D eigenvalue weighted by atomic mass is 16.6. The Hall–Kier alpha value is -2.75. The van der Waals surface area contributed by atoms with Crippen LogP contribution >= 0.6 is 0 Å². The summed E-state index contributed by atoms with van der Waals surface area (Å²) < 4.78 is 17.9. The molecule has 9 heteroatoms. The number of para-hydroxylation sites is 1. The van der Waals surface area contributed by atoms with Crippen molar-refractivity contribution in [3.8, 4) is 0 Å². The van der Waals surface area contributed by atoms with Crippen LogP contribution in [-0.4, -0.2) is 57.8 Å². The second-order valence-corrected chi connectivity index (χ2v) is 7.70. The Morgan fingerprint density at radius 1 is 1.13 bits per heavy atom. The Labute approximate surface area is 181 Å². The van der Waals surface area contributed by atoms with Crippen molar-refractivity contribution in [2.24, 2.45) is 0 Å². The van der Waals surface area contributed by atoms with Gasteiger partial charge in [0.1, 0.15) is 24.6 Å². The van der Waals surface area contributed by atoms with E-state index in [1.807, 2.05) is 42.7 Å². The van der Waals surface area contributed by atoms with Crippen LogP contribution in [0.3, 0.4) is 0 Å². The molecule has 0 aliphatic carbocycles. The molecule has 31 heavy (non-hydrogen) atoms. The largest absolute Gasteiger partial charge is 0.447 e. The molecule has 2 heterocycles. The fourth-order valence-corrected chi connectivity index (χ4v) is 3.30. The molecule has 1 aromatic carbocycles. The molecule has 3 aromatic rings. The van der Waals surface area contributed by atoms with E-state index in [1.165, 1.54) is 0 Å². The number of imidazole rings is 1. The highest BCUT2D eigenvalue weighted by molar-refractivity contribution is 6.09. The minimum atomic E-state index is -0.981. The topological polar surface area (TPSA) is 108 Å². The Morgan fingerprint density at radius 2 is 1.87 bits per heavy atom. The van der Waals surface area contributed by atoms with Crippen molar-refractivity contribution in [3.63, 3.8) is 0 Å². The van der Waals surface area contributed by atoms with Gasteiger partial charge >= 0.3 is 6.09 Å². The van der Waals surface area contributed by atoms with E-state index >= 15 is 0 Å². The van der Waals surface area contributed by atoms with Crippen LogP contribution in [0.5, 0.6) is 0 Å². The molecule has 0 saturated heterocycles. The molecule has 3 rings (SSSR count). The first kappa shape index (κ1) is 22.9. The summed E-state index contributed by atoms with van der Waals surface area (Å²) in [6, 6.07) is 7.61. The van der Waals surface area contributed by atoms with Gasteiger partial charge in [0.2, 0.25) is 0 Å². The number of rotatable bonds is 10. The first-order valence-corrected chi connectivity index (χ1v) is 10.4. The molecule has 0 fully saturated rings. The van der Waals surface area contributed by atoms with Crippen LogP contribution in [0.1, 0.15) is 33.5 Å². The third-order valence-corrected chi connectivity index (χ3v) is 4.53. The summed E-state index contributed by atoms with van der Waals surface area (Å²) in [5, 5.41) is 14.1. The number of ether oxygens (including phenoxy) is 3. The van der Waals surface area contributed by atoms with Crippen molar-refractivity contribution in [2.45, 2.75) is 46.4 Å². The van der Waals surface area contributed by atoms with Crippen molar-refractivity contribution < 1.29 is 24.1 Å². The number of amides is 1. The van der Waals surface area contributed by atoms with E-state index in [0.717, 1.165) is 10.9 Å². The predicted octanol–water partition coefficient (Wildman–Crippen LogP) is 3.48. The van der Waals surface area contributed by atoms with Crippen molar-refractivity contribution in [2.75, 3.05) is 31.7 Å². The van der Waals surface area contributed by atoms with Crippen LogP contribution in [0.15, 0.2) is 24.3 Å². The zero-order chi connectivity index (χ0) is 22.4. The number of fused-ring (bicyclic) bond motifs is 3. The summed E-state index contributed by atoms with van der Waals surface area (Å²) in [6.45, 7) is 9.38. The van der Waals surface area contributed by atoms with E-state index in [-0.39, 0.29) is 13.2 Å². The summed E-state index contributed by atoms with van der Waals surface area (Å²) in [4.78, 5) is 21.6. The fraction of sp³-hybridized carbons (Fsp3) is 0.500.